The first kappa shape index (κ1) is 14.3. The van der Waals surface area contributed by atoms with Gasteiger partial charge in [0.25, 0.3) is 0 Å². The molecule has 1 aliphatic carbocycles. The molecular formula is C15H31N3. The Bertz CT molecular complexity index is 251. The van der Waals surface area contributed by atoms with Crippen LogP contribution in [0.2, 0.25) is 0 Å². The van der Waals surface area contributed by atoms with Crippen LogP contribution in [0, 0.1) is 0 Å². The SMILES string of the molecule is CNC1CCCC(N2CCN(C(C)(C)C)CC2)C1. The van der Waals surface area contributed by atoms with Gasteiger partial charge in [-0.1, -0.05) is 6.42 Å². The van der Waals surface area contributed by atoms with Gasteiger partial charge in [0.2, 0.25) is 0 Å². The van der Waals surface area contributed by atoms with Crippen molar-refractivity contribution in [2.45, 2.75) is 64.1 Å². The van der Waals surface area contributed by atoms with Crippen molar-refractivity contribution in [2.75, 3.05) is 33.2 Å². The van der Waals surface area contributed by atoms with E-state index < -0.39 is 0 Å². The molecule has 18 heavy (non-hydrogen) atoms. The second-order valence-electron chi connectivity index (χ2n) is 7.00. The third-order valence-electron chi connectivity index (χ3n) is 4.83. The van der Waals surface area contributed by atoms with E-state index in [-0.39, 0.29) is 0 Å². The van der Waals surface area contributed by atoms with Gasteiger partial charge in [0, 0.05) is 43.8 Å². The Morgan fingerprint density at radius 2 is 1.67 bits per heavy atom. The average molecular weight is 253 g/mol. The lowest BCUT2D eigenvalue weighted by molar-refractivity contribution is 0.0300. The summed E-state index contributed by atoms with van der Waals surface area (Å²) in [5.74, 6) is 0. The summed E-state index contributed by atoms with van der Waals surface area (Å²) < 4.78 is 0. The number of hydrogen-bond acceptors (Lipinski definition) is 3. The lowest BCUT2D eigenvalue weighted by atomic mass is 9.89. The highest BCUT2D eigenvalue weighted by atomic mass is 15.3. The van der Waals surface area contributed by atoms with Crippen molar-refractivity contribution in [2.24, 2.45) is 0 Å². The van der Waals surface area contributed by atoms with E-state index in [9.17, 15) is 0 Å². The lowest BCUT2D eigenvalue weighted by Crippen LogP contribution is -2.56. The van der Waals surface area contributed by atoms with Crippen LogP contribution in [-0.2, 0) is 0 Å². The van der Waals surface area contributed by atoms with Crippen molar-refractivity contribution in [3.63, 3.8) is 0 Å². The minimum atomic E-state index is 0.339. The zero-order valence-electron chi connectivity index (χ0n) is 12.7. The van der Waals surface area contributed by atoms with E-state index in [4.69, 9.17) is 0 Å². The number of nitrogens with one attached hydrogen (secondary N) is 1. The van der Waals surface area contributed by atoms with E-state index in [1.165, 1.54) is 51.9 Å². The molecule has 0 radical (unpaired) electrons. The summed E-state index contributed by atoms with van der Waals surface area (Å²) in [5.41, 5.74) is 0.339. The van der Waals surface area contributed by atoms with Crippen LogP contribution in [0.5, 0.6) is 0 Å². The minimum absolute atomic E-state index is 0.339. The van der Waals surface area contributed by atoms with Crippen LogP contribution in [0.3, 0.4) is 0 Å². The highest BCUT2D eigenvalue weighted by Gasteiger charge is 2.31. The Labute approximate surface area is 113 Å². The molecule has 0 aromatic heterocycles. The van der Waals surface area contributed by atoms with Crippen LogP contribution in [0.4, 0.5) is 0 Å². The first-order chi connectivity index (χ1) is 8.50. The van der Waals surface area contributed by atoms with Crippen LogP contribution < -0.4 is 5.32 Å². The van der Waals surface area contributed by atoms with Crippen molar-refractivity contribution in [3.8, 4) is 0 Å². The van der Waals surface area contributed by atoms with Gasteiger partial charge in [-0.25, -0.2) is 0 Å². The Hall–Kier alpha value is -0.120. The summed E-state index contributed by atoms with van der Waals surface area (Å²) in [6.45, 7) is 12.0. The van der Waals surface area contributed by atoms with E-state index in [1.54, 1.807) is 0 Å². The van der Waals surface area contributed by atoms with E-state index in [0.717, 1.165) is 12.1 Å². The molecule has 0 spiro atoms. The fourth-order valence-electron chi connectivity index (χ4n) is 3.52. The van der Waals surface area contributed by atoms with Gasteiger partial charge < -0.3 is 5.32 Å². The van der Waals surface area contributed by atoms with Gasteiger partial charge >= 0.3 is 0 Å². The van der Waals surface area contributed by atoms with Gasteiger partial charge in [-0.15, -0.1) is 0 Å². The van der Waals surface area contributed by atoms with Crippen LogP contribution in [0.15, 0.2) is 0 Å². The van der Waals surface area contributed by atoms with Crippen molar-refractivity contribution < 1.29 is 0 Å². The molecule has 0 aromatic carbocycles. The molecule has 2 fully saturated rings. The lowest BCUT2D eigenvalue weighted by Gasteiger charge is -2.46. The fourth-order valence-corrected chi connectivity index (χ4v) is 3.52. The number of nitrogens with zero attached hydrogens (tertiary/aromatic N) is 2. The van der Waals surface area contributed by atoms with Gasteiger partial charge in [0.1, 0.15) is 0 Å². The van der Waals surface area contributed by atoms with E-state index in [0.29, 0.717) is 5.54 Å². The van der Waals surface area contributed by atoms with Crippen molar-refractivity contribution >= 4 is 0 Å². The number of rotatable bonds is 2. The molecule has 1 saturated carbocycles. The molecule has 1 heterocycles. The van der Waals surface area contributed by atoms with Crippen molar-refractivity contribution in [1.82, 2.24) is 15.1 Å². The quantitative estimate of drug-likeness (QED) is 0.811. The summed E-state index contributed by atoms with van der Waals surface area (Å²) >= 11 is 0. The molecular weight excluding hydrogens is 222 g/mol. The van der Waals surface area contributed by atoms with Gasteiger partial charge in [-0.2, -0.15) is 0 Å². The van der Waals surface area contributed by atoms with Gasteiger partial charge in [0.15, 0.2) is 0 Å². The summed E-state index contributed by atoms with van der Waals surface area (Å²) in [5, 5.41) is 3.47. The van der Waals surface area contributed by atoms with Crippen LogP contribution >= 0.6 is 0 Å². The second kappa shape index (κ2) is 5.89. The maximum Gasteiger partial charge on any atom is 0.0126 e. The van der Waals surface area contributed by atoms with Crippen LogP contribution in [0.1, 0.15) is 46.5 Å². The molecule has 1 N–H and O–H groups in total. The molecule has 1 aliphatic heterocycles. The fraction of sp³-hybridized carbons (Fsp3) is 1.00. The first-order valence-electron chi connectivity index (χ1n) is 7.67. The average Bonchev–Trinajstić information content (AvgIpc) is 2.38. The molecule has 3 nitrogen and oxygen atoms in total. The monoisotopic (exact) mass is 253 g/mol. The molecule has 0 amide bonds. The first-order valence-corrected chi connectivity index (χ1v) is 7.67. The third-order valence-corrected chi connectivity index (χ3v) is 4.83. The number of hydrogen-bond donors (Lipinski definition) is 1. The Morgan fingerprint density at radius 3 is 2.22 bits per heavy atom. The predicted octanol–water partition coefficient (Wildman–Crippen LogP) is 1.93. The van der Waals surface area contributed by atoms with Crippen LogP contribution in [0.25, 0.3) is 0 Å². The standard InChI is InChI=1S/C15H31N3/c1-15(2,3)18-10-8-17(9-11-18)14-7-5-6-13(12-14)16-4/h13-14,16H,5-12H2,1-4H3. The molecule has 3 heteroatoms. The molecule has 2 aliphatic rings. The summed E-state index contributed by atoms with van der Waals surface area (Å²) in [6.07, 6.45) is 5.53. The molecule has 0 bridgehead atoms. The zero-order chi connectivity index (χ0) is 13.2. The van der Waals surface area contributed by atoms with E-state index in [1.807, 2.05) is 0 Å². The maximum atomic E-state index is 3.47. The maximum absolute atomic E-state index is 3.47. The third kappa shape index (κ3) is 3.46. The van der Waals surface area contributed by atoms with E-state index >= 15 is 0 Å². The molecule has 2 rings (SSSR count). The number of piperazine rings is 1. The van der Waals surface area contributed by atoms with Crippen LogP contribution in [-0.4, -0.2) is 60.6 Å². The summed E-state index contributed by atoms with van der Waals surface area (Å²) in [7, 11) is 2.12. The van der Waals surface area contributed by atoms with Gasteiger partial charge in [-0.05, 0) is 47.1 Å². The largest absolute Gasteiger partial charge is 0.317 e. The van der Waals surface area contributed by atoms with Gasteiger partial charge in [0.05, 0.1) is 0 Å². The highest BCUT2D eigenvalue weighted by molar-refractivity contribution is 4.88. The minimum Gasteiger partial charge on any atom is -0.317 e. The molecule has 1 saturated heterocycles. The zero-order valence-corrected chi connectivity index (χ0v) is 12.7. The van der Waals surface area contributed by atoms with E-state index in [2.05, 4.69) is 42.9 Å². The highest BCUT2D eigenvalue weighted by Crippen LogP contribution is 2.25. The second-order valence-corrected chi connectivity index (χ2v) is 7.00. The topological polar surface area (TPSA) is 18.5 Å². The van der Waals surface area contributed by atoms with Crippen molar-refractivity contribution in [1.29, 1.82) is 0 Å². The molecule has 0 aromatic rings. The molecule has 2 atom stereocenters. The summed E-state index contributed by atoms with van der Waals surface area (Å²) in [4.78, 5) is 5.37. The normalized spacial score (nSPS) is 32.7. The van der Waals surface area contributed by atoms with Gasteiger partial charge in [-0.3, -0.25) is 9.80 Å². The molecule has 2 unspecified atom stereocenters. The predicted molar refractivity (Wildman–Crippen MR) is 78.0 cm³/mol. The molecule has 106 valence electrons. The Kier molecular flexibility index (Phi) is 4.68. The van der Waals surface area contributed by atoms with Crippen molar-refractivity contribution in [3.05, 3.63) is 0 Å². The Balaban J connectivity index is 1.82. The smallest absolute Gasteiger partial charge is 0.0126 e. The Morgan fingerprint density at radius 1 is 1.00 bits per heavy atom. The summed E-state index contributed by atoms with van der Waals surface area (Å²) in [6, 6.07) is 1.59.